The molecule has 0 aliphatic carbocycles. The SMILES string of the molecule is Cn1ncnc1COc1ccc(N)c(F)c1. The van der Waals surface area contributed by atoms with Gasteiger partial charge in [-0.25, -0.2) is 9.37 Å². The van der Waals surface area contributed by atoms with Gasteiger partial charge in [-0.15, -0.1) is 0 Å². The van der Waals surface area contributed by atoms with Crippen molar-refractivity contribution in [1.82, 2.24) is 14.8 Å². The first kappa shape index (κ1) is 10.4. The van der Waals surface area contributed by atoms with Crippen molar-refractivity contribution in [2.75, 3.05) is 5.73 Å². The van der Waals surface area contributed by atoms with Crippen molar-refractivity contribution in [2.24, 2.45) is 7.05 Å². The summed E-state index contributed by atoms with van der Waals surface area (Å²) >= 11 is 0. The number of nitrogen functional groups attached to an aromatic ring is 1. The average molecular weight is 222 g/mol. The predicted octanol–water partition coefficient (Wildman–Crippen LogP) is 1.12. The van der Waals surface area contributed by atoms with Gasteiger partial charge >= 0.3 is 0 Å². The molecule has 0 spiro atoms. The molecule has 2 N–H and O–H groups in total. The fourth-order valence-corrected chi connectivity index (χ4v) is 1.20. The van der Waals surface area contributed by atoms with Crippen LogP contribution in [0.25, 0.3) is 0 Å². The van der Waals surface area contributed by atoms with Gasteiger partial charge in [-0.3, -0.25) is 4.68 Å². The molecular formula is C10H11FN4O. The number of hydrogen-bond donors (Lipinski definition) is 1. The average Bonchev–Trinajstić information content (AvgIpc) is 2.66. The number of aryl methyl sites for hydroxylation is 1. The Morgan fingerprint density at radius 1 is 1.50 bits per heavy atom. The quantitative estimate of drug-likeness (QED) is 0.790. The molecule has 84 valence electrons. The van der Waals surface area contributed by atoms with Crippen LogP contribution >= 0.6 is 0 Å². The minimum Gasteiger partial charge on any atom is -0.486 e. The van der Waals surface area contributed by atoms with Crippen molar-refractivity contribution < 1.29 is 9.13 Å². The molecule has 2 rings (SSSR count). The second-order valence-electron chi connectivity index (χ2n) is 3.27. The summed E-state index contributed by atoms with van der Waals surface area (Å²) in [7, 11) is 1.76. The van der Waals surface area contributed by atoms with E-state index < -0.39 is 5.82 Å². The van der Waals surface area contributed by atoms with Crippen molar-refractivity contribution in [3.63, 3.8) is 0 Å². The number of rotatable bonds is 3. The van der Waals surface area contributed by atoms with Gasteiger partial charge in [0.05, 0.1) is 5.69 Å². The lowest BCUT2D eigenvalue weighted by Crippen LogP contribution is -2.04. The van der Waals surface area contributed by atoms with E-state index in [4.69, 9.17) is 10.5 Å². The molecule has 0 aliphatic rings. The maximum atomic E-state index is 13.1. The Balaban J connectivity index is 2.05. The fourth-order valence-electron chi connectivity index (χ4n) is 1.20. The first-order valence-electron chi connectivity index (χ1n) is 4.67. The third kappa shape index (κ3) is 2.10. The van der Waals surface area contributed by atoms with Gasteiger partial charge in [-0.05, 0) is 12.1 Å². The zero-order valence-corrected chi connectivity index (χ0v) is 8.72. The molecule has 0 saturated heterocycles. The zero-order valence-electron chi connectivity index (χ0n) is 8.72. The van der Waals surface area contributed by atoms with E-state index in [2.05, 4.69) is 10.1 Å². The summed E-state index contributed by atoms with van der Waals surface area (Å²) in [5, 5.41) is 3.89. The Morgan fingerprint density at radius 3 is 2.94 bits per heavy atom. The Bertz CT molecular complexity index is 497. The van der Waals surface area contributed by atoms with Crippen LogP contribution in [0.2, 0.25) is 0 Å². The smallest absolute Gasteiger partial charge is 0.164 e. The molecule has 0 aliphatic heterocycles. The minimum atomic E-state index is -0.490. The van der Waals surface area contributed by atoms with E-state index in [9.17, 15) is 4.39 Å². The number of halogens is 1. The lowest BCUT2D eigenvalue weighted by molar-refractivity contribution is 0.288. The van der Waals surface area contributed by atoms with E-state index in [0.717, 1.165) is 0 Å². The molecule has 0 saturated carbocycles. The molecule has 0 unspecified atom stereocenters. The number of aromatic nitrogens is 3. The molecule has 1 aromatic heterocycles. The van der Waals surface area contributed by atoms with Gasteiger partial charge in [-0.1, -0.05) is 0 Å². The molecule has 5 nitrogen and oxygen atoms in total. The number of nitrogens with zero attached hydrogens (tertiary/aromatic N) is 3. The van der Waals surface area contributed by atoms with Gasteiger partial charge in [0.1, 0.15) is 24.5 Å². The Hall–Kier alpha value is -2.11. The van der Waals surface area contributed by atoms with Crippen LogP contribution in [0, 0.1) is 5.82 Å². The van der Waals surface area contributed by atoms with Gasteiger partial charge in [0.2, 0.25) is 0 Å². The van der Waals surface area contributed by atoms with E-state index >= 15 is 0 Å². The minimum absolute atomic E-state index is 0.103. The highest BCUT2D eigenvalue weighted by Crippen LogP contribution is 2.18. The molecule has 1 heterocycles. The molecule has 0 fully saturated rings. The molecule has 2 aromatic rings. The van der Waals surface area contributed by atoms with Gasteiger partial charge in [-0.2, -0.15) is 5.10 Å². The van der Waals surface area contributed by atoms with Crippen LogP contribution in [-0.2, 0) is 13.7 Å². The molecule has 0 amide bonds. The van der Waals surface area contributed by atoms with Crippen LogP contribution in [0.4, 0.5) is 10.1 Å². The lowest BCUT2D eigenvalue weighted by Gasteiger charge is -2.06. The third-order valence-electron chi connectivity index (χ3n) is 2.14. The van der Waals surface area contributed by atoms with Gasteiger partial charge in [0.25, 0.3) is 0 Å². The van der Waals surface area contributed by atoms with Crippen LogP contribution in [0.1, 0.15) is 5.82 Å². The molecule has 0 radical (unpaired) electrons. The van der Waals surface area contributed by atoms with Crippen molar-refractivity contribution in [3.8, 4) is 5.75 Å². The molecular weight excluding hydrogens is 211 g/mol. The van der Waals surface area contributed by atoms with E-state index in [1.54, 1.807) is 17.8 Å². The maximum Gasteiger partial charge on any atom is 0.164 e. The standard InChI is InChI=1S/C10H11FN4O/c1-15-10(13-6-14-15)5-16-7-2-3-9(12)8(11)4-7/h2-4,6H,5,12H2,1H3. The predicted molar refractivity (Wildman–Crippen MR) is 56.1 cm³/mol. The fraction of sp³-hybridized carbons (Fsp3) is 0.200. The van der Waals surface area contributed by atoms with Crippen molar-refractivity contribution in [2.45, 2.75) is 6.61 Å². The van der Waals surface area contributed by atoms with Crippen LogP contribution in [-0.4, -0.2) is 14.8 Å². The second kappa shape index (κ2) is 4.18. The summed E-state index contributed by atoms with van der Waals surface area (Å²) in [4.78, 5) is 3.98. The van der Waals surface area contributed by atoms with Crippen LogP contribution in [0.3, 0.4) is 0 Å². The van der Waals surface area contributed by atoms with E-state index in [-0.39, 0.29) is 12.3 Å². The summed E-state index contributed by atoms with van der Waals surface area (Å²) in [6.45, 7) is 0.236. The zero-order chi connectivity index (χ0) is 11.5. The summed E-state index contributed by atoms with van der Waals surface area (Å²) in [5.41, 5.74) is 5.45. The Labute approximate surface area is 91.7 Å². The van der Waals surface area contributed by atoms with E-state index in [1.807, 2.05) is 0 Å². The summed E-state index contributed by atoms with van der Waals surface area (Å²) in [5.74, 6) is 0.586. The van der Waals surface area contributed by atoms with Crippen molar-refractivity contribution >= 4 is 5.69 Å². The molecule has 6 heteroatoms. The van der Waals surface area contributed by atoms with E-state index in [1.165, 1.54) is 18.5 Å². The Kier molecular flexibility index (Phi) is 2.72. The second-order valence-corrected chi connectivity index (χ2v) is 3.27. The van der Waals surface area contributed by atoms with Crippen molar-refractivity contribution in [1.29, 1.82) is 0 Å². The van der Waals surface area contributed by atoms with Gasteiger partial charge < -0.3 is 10.5 Å². The number of hydrogen-bond acceptors (Lipinski definition) is 4. The normalized spacial score (nSPS) is 10.4. The highest BCUT2D eigenvalue weighted by Gasteiger charge is 2.04. The van der Waals surface area contributed by atoms with E-state index in [0.29, 0.717) is 11.6 Å². The molecule has 16 heavy (non-hydrogen) atoms. The molecule has 1 aromatic carbocycles. The van der Waals surface area contributed by atoms with Gasteiger partial charge in [0, 0.05) is 13.1 Å². The first-order chi connectivity index (χ1) is 7.66. The van der Waals surface area contributed by atoms with Crippen LogP contribution in [0.5, 0.6) is 5.75 Å². The summed E-state index contributed by atoms with van der Waals surface area (Å²) in [6, 6.07) is 4.31. The van der Waals surface area contributed by atoms with Crippen molar-refractivity contribution in [3.05, 3.63) is 36.2 Å². The number of nitrogens with two attached hydrogens (primary N) is 1. The molecule has 0 bridgehead atoms. The highest BCUT2D eigenvalue weighted by molar-refractivity contribution is 5.43. The third-order valence-corrected chi connectivity index (χ3v) is 2.14. The van der Waals surface area contributed by atoms with Crippen LogP contribution in [0.15, 0.2) is 24.5 Å². The first-order valence-corrected chi connectivity index (χ1v) is 4.67. The lowest BCUT2D eigenvalue weighted by atomic mass is 10.3. The topological polar surface area (TPSA) is 66.0 Å². The Morgan fingerprint density at radius 2 is 2.31 bits per heavy atom. The maximum absolute atomic E-state index is 13.1. The highest BCUT2D eigenvalue weighted by atomic mass is 19.1. The van der Waals surface area contributed by atoms with Crippen LogP contribution < -0.4 is 10.5 Å². The largest absolute Gasteiger partial charge is 0.486 e. The van der Waals surface area contributed by atoms with Gasteiger partial charge in [0.15, 0.2) is 5.82 Å². The summed E-state index contributed by atoms with van der Waals surface area (Å²) < 4.78 is 20.0. The molecule has 0 atom stereocenters. The number of benzene rings is 1. The monoisotopic (exact) mass is 222 g/mol. The number of ether oxygens (including phenoxy) is 1. The number of anilines is 1. The summed E-state index contributed by atoms with van der Waals surface area (Å²) in [6.07, 6.45) is 1.43.